The molecule has 6 heteroatoms. The maximum atomic E-state index is 12.1. The first-order chi connectivity index (χ1) is 12.6. The number of nitrogens with one attached hydrogen (secondary N) is 1. The molecule has 0 atom stereocenters. The molecule has 1 N–H and O–H groups in total. The highest BCUT2D eigenvalue weighted by atomic mass is 35.5. The molecule has 0 unspecified atom stereocenters. The second-order valence-electron chi connectivity index (χ2n) is 5.76. The lowest BCUT2D eigenvalue weighted by atomic mass is 10.1. The van der Waals surface area contributed by atoms with Crippen molar-refractivity contribution in [3.63, 3.8) is 0 Å². The number of rotatable bonds is 9. The normalized spacial score (nSPS) is 10.3. The SMILES string of the molecule is COc1cc(CCC(=O)NCCc2cccc(Cl)c2)cc(OC)c1OC. The van der Waals surface area contributed by atoms with Gasteiger partial charge in [0.05, 0.1) is 21.3 Å². The molecular formula is C20H24ClNO4. The third-order valence-electron chi connectivity index (χ3n) is 3.99. The Morgan fingerprint density at radius 2 is 1.65 bits per heavy atom. The van der Waals surface area contributed by atoms with Crippen LogP contribution in [-0.2, 0) is 17.6 Å². The highest BCUT2D eigenvalue weighted by Crippen LogP contribution is 2.38. The molecule has 2 rings (SSSR count). The zero-order valence-corrected chi connectivity index (χ0v) is 16.1. The molecule has 0 spiro atoms. The fraction of sp³-hybridized carbons (Fsp3) is 0.350. The zero-order chi connectivity index (χ0) is 18.9. The smallest absolute Gasteiger partial charge is 0.220 e. The van der Waals surface area contributed by atoms with Crippen molar-refractivity contribution in [2.24, 2.45) is 0 Å². The Kier molecular flexibility index (Phi) is 7.60. The highest BCUT2D eigenvalue weighted by Gasteiger charge is 2.13. The van der Waals surface area contributed by atoms with Crippen LogP contribution in [0.3, 0.4) is 0 Å². The number of aryl methyl sites for hydroxylation is 1. The third-order valence-corrected chi connectivity index (χ3v) is 4.23. The Balaban J connectivity index is 1.86. The minimum absolute atomic E-state index is 0.000722. The molecule has 0 aromatic heterocycles. The quantitative estimate of drug-likeness (QED) is 0.724. The van der Waals surface area contributed by atoms with Gasteiger partial charge in [-0.3, -0.25) is 4.79 Å². The number of amides is 1. The van der Waals surface area contributed by atoms with Gasteiger partial charge in [-0.25, -0.2) is 0 Å². The first-order valence-corrected chi connectivity index (χ1v) is 8.75. The Labute approximate surface area is 159 Å². The van der Waals surface area contributed by atoms with Crippen LogP contribution in [0.1, 0.15) is 17.5 Å². The summed E-state index contributed by atoms with van der Waals surface area (Å²) in [5.74, 6) is 1.72. The fourth-order valence-electron chi connectivity index (χ4n) is 2.66. The summed E-state index contributed by atoms with van der Waals surface area (Å²) in [6, 6.07) is 11.4. The molecule has 0 heterocycles. The molecular weight excluding hydrogens is 354 g/mol. The standard InChI is InChI=1S/C20H24ClNO4/c1-24-17-12-15(13-18(25-2)20(17)26-3)7-8-19(23)22-10-9-14-5-4-6-16(21)11-14/h4-6,11-13H,7-10H2,1-3H3,(H,22,23). The van der Waals surface area contributed by atoms with Crippen molar-refractivity contribution in [3.8, 4) is 17.2 Å². The van der Waals surface area contributed by atoms with Gasteiger partial charge in [-0.05, 0) is 48.2 Å². The van der Waals surface area contributed by atoms with Crippen LogP contribution in [0, 0.1) is 0 Å². The minimum Gasteiger partial charge on any atom is -0.493 e. The van der Waals surface area contributed by atoms with Gasteiger partial charge >= 0.3 is 0 Å². The van der Waals surface area contributed by atoms with Crippen LogP contribution in [0.5, 0.6) is 17.2 Å². The molecule has 0 saturated carbocycles. The summed E-state index contributed by atoms with van der Waals surface area (Å²) >= 11 is 5.96. The Hall–Kier alpha value is -2.40. The maximum Gasteiger partial charge on any atom is 0.220 e. The average molecular weight is 378 g/mol. The van der Waals surface area contributed by atoms with Gasteiger partial charge in [-0.15, -0.1) is 0 Å². The first kappa shape index (κ1) is 19.9. The predicted molar refractivity (Wildman–Crippen MR) is 103 cm³/mol. The molecule has 2 aromatic rings. The molecule has 0 aliphatic carbocycles. The summed E-state index contributed by atoms with van der Waals surface area (Å²) in [5, 5.41) is 3.64. The van der Waals surface area contributed by atoms with E-state index in [1.54, 1.807) is 21.3 Å². The first-order valence-electron chi connectivity index (χ1n) is 8.37. The van der Waals surface area contributed by atoms with Gasteiger partial charge in [0.1, 0.15) is 0 Å². The Morgan fingerprint density at radius 1 is 0.962 bits per heavy atom. The van der Waals surface area contributed by atoms with E-state index in [2.05, 4.69) is 5.32 Å². The summed E-state index contributed by atoms with van der Waals surface area (Å²) in [7, 11) is 4.71. The number of hydrogen-bond acceptors (Lipinski definition) is 4. The molecule has 0 fully saturated rings. The van der Waals surface area contributed by atoms with Gasteiger partial charge < -0.3 is 19.5 Å². The molecule has 1 amide bonds. The summed E-state index contributed by atoms with van der Waals surface area (Å²) in [6.45, 7) is 0.578. The van der Waals surface area contributed by atoms with Crippen molar-refractivity contribution in [1.29, 1.82) is 0 Å². The molecule has 0 aliphatic heterocycles. The van der Waals surface area contributed by atoms with Gasteiger partial charge in [0.25, 0.3) is 0 Å². The summed E-state index contributed by atoms with van der Waals surface area (Å²) in [5.41, 5.74) is 2.05. The zero-order valence-electron chi connectivity index (χ0n) is 15.3. The summed E-state index contributed by atoms with van der Waals surface area (Å²) in [4.78, 5) is 12.1. The summed E-state index contributed by atoms with van der Waals surface area (Å²) in [6.07, 6.45) is 1.71. The molecule has 0 saturated heterocycles. The van der Waals surface area contributed by atoms with E-state index in [9.17, 15) is 4.79 Å². The van der Waals surface area contributed by atoms with Gasteiger partial charge in [-0.1, -0.05) is 23.7 Å². The predicted octanol–water partition coefficient (Wildman–Crippen LogP) is 3.66. The fourth-order valence-corrected chi connectivity index (χ4v) is 2.88. The van der Waals surface area contributed by atoms with Crippen LogP contribution < -0.4 is 19.5 Å². The number of methoxy groups -OCH3 is 3. The molecule has 2 aromatic carbocycles. The molecule has 0 bridgehead atoms. The molecule has 5 nitrogen and oxygen atoms in total. The second-order valence-corrected chi connectivity index (χ2v) is 6.20. The number of hydrogen-bond donors (Lipinski definition) is 1. The maximum absolute atomic E-state index is 12.1. The van der Waals surface area contributed by atoms with E-state index in [-0.39, 0.29) is 5.91 Å². The highest BCUT2D eigenvalue weighted by molar-refractivity contribution is 6.30. The third kappa shape index (κ3) is 5.56. The van der Waals surface area contributed by atoms with Crippen LogP contribution in [0.2, 0.25) is 5.02 Å². The van der Waals surface area contributed by atoms with E-state index < -0.39 is 0 Å². The lowest BCUT2D eigenvalue weighted by Crippen LogP contribution is -2.25. The van der Waals surface area contributed by atoms with E-state index >= 15 is 0 Å². The Bertz CT molecular complexity index is 723. The number of carbonyl (C=O) groups excluding carboxylic acids is 1. The second kappa shape index (κ2) is 9.92. The molecule has 0 radical (unpaired) electrons. The van der Waals surface area contributed by atoms with E-state index in [1.807, 2.05) is 36.4 Å². The largest absolute Gasteiger partial charge is 0.493 e. The number of carbonyl (C=O) groups is 1. The van der Waals surface area contributed by atoms with Crippen molar-refractivity contribution < 1.29 is 19.0 Å². The van der Waals surface area contributed by atoms with Gasteiger partial charge in [0, 0.05) is 18.0 Å². The van der Waals surface area contributed by atoms with Crippen LogP contribution in [0.25, 0.3) is 0 Å². The van der Waals surface area contributed by atoms with Crippen molar-refractivity contribution >= 4 is 17.5 Å². The molecule has 0 aliphatic rings. The Morgan fingerprint density at radius 3 is 2.23 bits per heavy atom. The van der Waals surface area contributed by atoms with E-state index in [0.29, 0.717) is 41.7 Å². The van der Waals surface area contributed by atoms with E-state index in [4.69, 9.17) is 25.8 Å². The molecule has 140 valence electrons. The number of ether oxygens (including phenoxy) is 3. The minimum atomic E-state index is 0.000722. The van der Waals surface area contributed by atoms with Crippen LogP contribution in [0.4, 0.5) is 0 Å². The monoisotopic (exact) mass is 377 g/mol. The topological polar surface area (TPSA) is 56.8 Å². The van der Waals surface area contributed by atoms with Crippen molar-refractivity contribution in [2.45, 2.75) is 19.3 Å². The van der Waals surface area contributed by atoms with Crippen molar-refractivity contribution in [3.05, 3.63) is 52.5 Å². The van der Waals surface area contributed by atoms with E-state index in [0.717, 1.165) is 17.5 Å². The number of halogens is 1. The lowest BCUT2D eigenvalue weighted by molar-refractivity contribution is -0.121. The van der Waals surface area contributed by atoms with Gasteiger partial charge in [0.15, 0.2) is 11.5 Å². The lowest BCUT2D eigenvalue weighted by Gasteiger charge is -2.14. The van der Waals surface area contributed by atoms with E-state index in [1.165, 1.54) is 0 Å². The van der Waals surface area contributed by atoms with Crippen LogP contribution in [0.15, 0.2) is 36.4 Å². The van der Waals surface area contributed by atoms with Crippen molar-refractivity contribution in [2.75, 3.05) is 27.9 Å². The molecule has 26 heavy (non-hydrogen) atoms. The van der Waals surface area contributed by atoms with Crippen LogP contribution in [-0.4, -0.2) is 33.8 Å². The van der Waals surface area contributed by atoms with Crippen LogP contribution >= 0.6 is 11.6 Å². The number of benzene rings is 2. The average Bonchev–Trinajstić information content (AvgIpc) is 2.65. The van der Waals surface area contributed by atoms with Crippen molar-refractivity contribution in [1.82, 2.24) is 5.32 Å². The van der Waals surface area contributed by atoms with Gasteiger partial charge in [0.2, 0.25) is 11.7 Å². The summed E-state index contributed by atoms with van der Waals surface area (Å²) < 4.78 is 16.0. The van der Waals surface area contributed by atoms with Gasteiger partial charge in [-0.2, -0.15) is 0 Å².